The molecule has 2 radical (unpaired) electrons. The minimum atomic E-state index is -1.70. The summed E-state index contributed by atoms with van der Waals surface area (Å²) in [5.74, 6) is 0. The van der Waals surface area contributed by atoms with Crippen LogP contribution in [-0.4, -0.2) is 38.6 Å². The molecule has 0 aliphatic heterocycles. The molecule has 0 aliphatic carbocycles. The first-order chi connectivity index (χ1) is 20.1. The van der Waals surface area contributed by atoms with Crippen LogP contribution >= 0.6 is 0 Å². The summed E-state index contributed by atoms with van der Waals surface area (Å²) >= 11 is -1.26. The predicted octanol–water partition coefficient (Wildman–Crippen LogP) is 13.9. The Morgan fingerprint density at radius 2 is 0.488 bits per heavy atom. The van der Waals surface area contributed by atoms with Gasteiger partial charge in [-0.25, -0.2) is 0 Å². The van der Waals surface area contributed by atoms with Crippen LogP contribution in [0.1, 0.15) is 196 Å². The SMILES string of the molecule is CCCCCC[Si](CCCCCC)(CCCCCC)[O][Sn][O][Si](CCCCCC)(CCCCCC)CCCCCC. The molecule has 0 N–H and O–H groups in total. The molecule has 0 aromatic rings. The summed E-state index contributed by atoms with van der Waals surface area (Å²) in [6.45, 7) is 14.1. The molecule has 2 nitrogen and oxygen atoms in total. The minimum absolute atomic E-state index is 1.26. The molecule has 0 saturated heterocycles. The average molecular weight is 718 g/mol. The molecule has 0 atom stereocenters. The number of hydrogen-bond donors (Lipinski definition) is 0. The Morgan fingerprint density at radius 1 is 0.293 bits per heavy atom. The van der Waals surface area contributed by atoms with E-state index >= 15 is 0 Å². The summed E-state index contributed by atoms with van der Waals surface area (Å²) < 4.78 is 14.9. The van der Waals surface area contributed by atoms with Crippen LogP contribution in [-0.2, 0) is 5.53 Å². The van der Waals surface area contributed by atoms with Crippen LogP contribution in [0, 0.1) is 0 Å². The molecule has 0 bridgehead atoms. The molecule has 41 heavy (non-hydrogen) atoms. The monoisotopic (exact) mass is 718 g/mol. The molecule has 246 valence electrons. The van der Waals surface area contributed by atoms with Crippen LogP contribution in [0.3, 0.4) is 0 Å². The van der Waals surface area contributed by atoms with Crippen molar-refractivity contribution in [3.8, 4) is 0 Å². The third kappa shape index (κ3) is 24.1. The first kappa shape index (κ1) is 42.2. The van der Waals surface area contributed by atoms with Gasteiger partial charge in [0.1, 0.15) is 0 Å². The van der Waals surface area contributed by atoms with Crippen molar-refractivity contribution in [1.82, 2.24) is 0 Å². The van der Waals surface area contributed by atoms with E-state index in [1.807, 2.05) is 0 Å². The van der Waals surface area contributed by atoms with E-state index in [9.17, 15) is 0 Å². The van der Waals surface area contributed by atoms with Crippen molar-refractivity contribution < 1.29 is 5.53 Å². The molecule has 0 fully saturated rings. The molecular weight excluding hydrogens is 639 g/mol. The van der Waals surface area contributed by atoms with E-state index in [4.69, 9.17) is 5.53 Å². The zero-order valence-electron chi connectivity index (χ0n) is 29.5. The topological polar surface area (TPSA) is 18.5 Å². The fourth-order valence-electron chi connectivity index (χ4n) is 6.50. The molecule has 0 saturated carbocycles. The maximum absolute atomic E-state index is 7.43. The van der Waals surface area contributed by atoms with E-state index in [2.05, 4.69) is 41.5 Å². The van der Waals surface area contributed by atoms with Gasteiger partial charge in [-0.1, -0.05) is 0 Å². The summed E-state index contributed by atoms with van der Waals surface area (Å²) in [7, 11) is -3.41. The van der Waals surface area contributed by atoms with Crippen molar-refractivity contribution in [2.75, 3.05) is 0 Å². The molecule has 0 aromatic carbocycles. The van der Waals surface area contributed by atoms with Crippen molar-refractivity contribution in [3.05, 3.63) is 0 Å². The van der Waals surface area contributed by atoms with Gasteiger partial charge >= 0.3 is 276 Å². The van der Waals surface area contributed by atoms with E-state index in [-0.39, 0.29) is 0 Å². The third-order valence-electron chi connectivity index (χ3n) is 9.43. The van der Waals surface area contributed by atoms with Gasteiger partial charge in [0.15, 0.2) is 0 Å². The molecule has 5 heteroatoms. The number of unbranched alkanes of at least 4 members (excludes halogenated alkanes) is 18. The molecule has 0 aromatic heterocycles. The van der Waals surface area contributed by atoms with Gasteiger partial charge in [0.25, 0.3) is 0 Å². The molecule has 0 heterocycles. The Bertz CT molecular complexity index is 413. The van der Waals surface area contributed by atoms with E-state index in [1.165, 1.54) is 190 Å². The van der Waals surface area contributed by atoms with E-state index < -0.39 is 38.6 Å². The first-order valence-electron chi connectivity index (χ1n) is 19.2. The molecule has 0 amide bonds. The summed E-state index contributed by atoms with van der Waals surface area (Å²) in [6, 6.07) is 8.54. The summed E-state index contributed by atoms with van der Waals surface area (Å²) in [5, 5.41) is 0. The second kappa shape index (κ2) is 31.1. The summed E-state index contributed by atoms with van der Waals surface area (Å²) in [4.78, 5) is 0. The number of rotatable bonds is 34. The van der Waals surface area contributed by atoms with Crippen LogP contribution in [0.5, 0.6) is 0 Å². The molecule has 0 rings (SSSR count). The fourth-order valence-corrected chi connectivity index (χ4v) is 23.8. The van der Waals surface area contributed by atoms with Crippen molar-refractivity contribution in [2.24, 2.45) is 0 Å². The Labute approximate surface area is 274 Å². The van der Waals surface area contributed by atoms with E-state index in [0.29, 0.717) is 0 Å². The van der Waals surface area contributed by atoms with Crippen LogP contribution in [0.2, 0.25) is 36.3 Å². The molecule has 0 unspecified atom stereocenters. The van der Waals surface area contributed by atoms with Crippen molar-refractivity contribution in [2.45, 2.75) is 232 Å². The van der Waals surface area contributed by atoms with Gasteiger partial charge in [-0.15, -0.1) is 0 Å². The summed E-state index contributed by atoms with van der Waals surface area (Å²) in [5.41, 5.74) is 0. The van der Waals surface area contributed by atoms with Crippen molar-refractivity contribution >= 4 is 38.6 Å². The first-order valence-corrected chi connectivity index (χ1v) is 26.6. The maximum atomic E-state index is 7.43. The molecule has 0 aliphatic rings. The Morgan fingerprint density at radius 3 is 0.659 bits per heavy atom. The zero-order chi connectivity index (χ0) is 30.3. The van der Waals surface area contributed by atoms with Crippen LogP contribution < -0.4 is 0 Å². The quantitative estimate of drug-likeness (QED) is 0.0487. The van der Waals surface area contributed by atoms with Crippen LogP contribution in [0.25, 0.3) is 0 Å². The van der Waals surface area contributed by atoms with Gasteiger partial charge in [-0.05, 0) is 0 Å². The third-order valence-corrected chi connectivity index (χ3v) is 26.9. The van der Waals surface area contributed by atoms with Gasteiger partial charge in [-0.3, -0.25) is 0 Å². The standard InChI is InChI=1S/2C18H39OSi.Sn/c2*1-4-7-10-13-16-20(19,17-14-11-8-5-2)18-15-12-9-6-3;/h2*4-18H2,1-3H3;/q2*-1;+2. The summed E-state index contributed by atoms with van der Waals surface area (Å²) in [6.07, 6.45) is 33.4. The van der Waals surface area contributed by atoms with Gasteiger partial charge < -0.3 is 0 Å². The zero-order valence-corrected chi connectivity index (χ0v) is 34.4. The van der Waals surface area contributed by atoms with Gasteiger partial charge in [0, 0.05) is 0 Å². The normalized spacial score (nSPS) is 12.4. The van der Waals surface area contributed by atoms with Gasteiger partial charge in [0.05, 0.1) is 0 Å². The van der Waals surface area contributed by atoms with Gasteiger partial charge in [0.2, 0.25) is 0 Å². The van der Waals surface area contributed by atoms with Crippen molar-refractivity contribution in [3.63, 3.8) is 0 Å². The second-order valence-corrected chi connectivity index (χ2v) is 25.6. The average Bonchev–Trinajstić information content (AvgIpc) is 2.98. The molecular formula is C36H78O2Si2Sn. The van der Waals surface area contributed by atoms with Crippen molar-refractivity contribution in [1.29, 1.82) is 0 Å². The van der Waals surface area contributed by atoms with Gasteiger partial charge in [-0.2, -0.15) is 0 Å². The van der Waals surface area contributed by atoms with E-state index in [1.54, 1.807) is 0 Å². The second-order valence-electron chi connectivity index (χ2n) is 13.5. The molecule has 0 spiro atoms. The van der Waals surface area contributed by atoms with Crippen LogP contribution in [0.15, 0.2) is 0 Å². The van der Waals surface area contributed by atoms with E-state index in [0.717, 1.165) is 0 Å². The number of hydrogen-bond acceptors (Lipinski definition) is 2. The Hall–Kier alpha value is 1.15. The predicted molar refractivity (Wildman–Crippen MR) is 193 cm³/mol. The Kier molecular flexibility index (Phi) is 32.0. The van der Waals surface area contributed by atoms with Crippen LogP contribution in [0.4, 0.5) is 0 Å². The Balaban J connectivity index is 5.70. The fraction of sp³-hybridized carbons (Fsp3) is 1.00.